The molecule has 2 amide bonds. The Hall–Kier alpha value is -2.94. The fraction of sp³-hybridized carbons (Fsp3) is 0.600. The summed E-state index contributed by atoms with van der Waals surface area (Å²) in [6, 6.07) is 12.7. The summed E-state index contributed by atoms with van der Waals surface area (Å²) in [4.78, 5) is 46.1. The largest absolute Gasteiger partial charge is 2.00 e. The topological polar surface area (TPSA) is 138 Å². The van der Waals surface area contributed by atoms with Gasteiger partial charge in [-0.05, 0) is 76.3 Å². The van der Waals surface area contributed by atoms with Crippen LogP contribution in [-0.4, -0.2) is 61.5 Å². The molecule has 2 aromatic carbocycles. The molecule has 0 unspecified atom stereocenters. The molecule has 0 atom stereocenters. The summed E-state index contributed by atoms with van der Waals surface area (Å²) in [6.07, 6.45) is 41.8. The van der Waals surface area contributed by atoms with E-state index in [0.717, 1.165) is 51.4 Å². The number of carbonyl (C=O) groups excluding carboxylic acids is 4. The van der Waals surface area contributed by atoms with Crippen molar-refractivity contribution in [3.05, 3.63) is 84.0 Å². The summed E-state index contributed by atoms with van der Waals surface area (Å²) in [5.74, 6) is -2.84. The maximum atomic E-state index is 12.0. The van der Waals surface area contributed by atoms with Crippen LogP contribution >= 0.6 is 0 Å². The van der Waals surface area contributed by atoms with E-state index in [4.69, 9.17) is 0 Å². The first-order valence-corrected chi connectivity index (χ1v) is 22.8. The van der Waals surface area contributed by atoms with Crippen LogP contribution in [0.3, 0.4) is 0 Å². The van der Waals surface area contributed by atoms with Crippen LogP contribution < -0.4 is 20.8 Å². The predicted octanol–water partition coefficient (Wildman–Crippen LogP) is 11.7. The van der Waals surface area contributed by atoms with Crippen molar-refractivity contribution in [3.8, 4) is 0 Å². The number of carbonyl (C=O) groups is 4. The third-order valence-corrected chi connectivity index (χ3v) is 10.2. The second-order valence-corrected chi connectivity index (χ2v) is 15.4. The van der Waals surface area contributed by atoms with Gasteiger partial charge in [0.25, 0.3) is 0 Å². The number of allylic oxidation sites excluding steroid dienone is 4. The number of unbranched alkanes of at least 4 members (excludes halogenated alkanes) is 22. The monoisotopic (exact) mass is 841 g/mol. The molecular formula is C50H76CaN2O6. The van der Waals surface area contributed by atoms with Gasteiger partial charge in [-0.1, -0.05) is 177 Å². The van der Waals surface area contributed by atoms with Crippen LogP contribution in [0.5, 0.6) is 0 Å². The van der Waals surface area contributed by atoms with E-state index in [2.05, 4.69) is 48.8 Å². The number of amides is 2. The molecule has 0 aliphatic carbocycles. The molecule has 2 aromatic rings. The van der Waals surface area contributed by atoms with Crippen LogP contribution in [0.25, 0.3) is 0 Å². The van der Waals surface area contributed by atoms with Crippen molar-refractivity contribution in [1.82, 2.24) is 0 Å². The molecule has 0 aliphatic heterocycles. The number of carboxylic acid groups (broad SMARTS) is 2. The van der Waals surface area contributed by atoms with E-state index in [1.54, 1.807) is 36.4 Å². The number of anilines is 2. The van der Waals surface area contributed by atoms with Gasteiger partial charge in [0.2, 0.25) is 11.8 Å². The molecule has 0 bridgehead atoms. The average Bonchev–Trinajstić information content (AvgIpc) is 3.21. The van der Waals surface area contributed by atoms with Crippen molar-refractivity contribution < 1.29 is 29.4 Å². The van der Waals surface area contributed by atoms with E-state index in [9.17, 15) is 29.4 Å². The standard InChI is InChI=1S/2C25H39NO3.Ca/c2*1-2-3-4-5-6-7-8-9-10-11-12-13-14-15-16-21-24(27)26-23-20-18-17-19-22(23)25(28)29;/h2*9-10,17-20H,2-8,11-16,21H2,1H3,(H,26,27)(H,28,29);/q;;+2/p-2/b2*10-9-;. The minimum absolute atomic E-state index is 0. The Kier molecular flexibility index (Phi) is 38.4. The van der Waals surface area contributed by atoms with E-state index >= 15 is 0 Å². The van der Waals surface area contributed by atoms with Gasteiger partial charge in [0.15, 0.2) is 0 Å². The Bertz CT molecular complexity index is 1330. The van der Waals surface area contributed by atoms with Crippen LogP contribution in [0.1, 0.15) is 214 Å². The van der Waals surface area contributed by atoms with Crippen molar-refractivity contribution in [3.63, 3.8) is 0 Å². The molecule has 324 valence electrons. The zero-order chi connectivity index (χ0) is 42.3. The summed E-state index contributed by atoms with van der Waals surface area (Å²) >= 11 is 0. The molecule has 0 heterocycles. The first kappa shape index (κ1) is 56.1. The molecule has 0 spiro atoms. The van der Waals surface area contributed by atoms with Crippen LogP contribution in [0.4, 0.5) is 11.4 Å². The SMILES string of the molecule is CCCCCCCC/C=C\CCCCCCCC(=O)Nc1ccccc1C(=O)[O-].CCCCCCCC/C=C\CCCCCCCC(=O)Nc1ccccc1C(=O)[O-].[Ca+2]. The molecule has 8 nitrogen and oxygen atoms in total. The van der Waals surface area contributed by atoms with Gasteiger partial charge >= 0.3 is 37.7 Å². The van der Waals surface area contributed by atoms with E-state index in [-0.39, 0.29) is 60.7 Å². The minimum atomic E-state index is -1.28. The number of para-hydroxylation sites is 2. The van der Waals surface area contributed by atoms with E-state index in [0.29, 0.717) is 24.2 Å². The van der Waals surface area contributed by atoms with Gasteiger partial charge in [-0.3, -0.25) is 9.59 Å². The quantitative estimate of drug-likeness (QED) is 0.0409. The second kappa shape index (κ2) is 40.5. The Balaban J connectivity index is 0.00000112. The molecule has 59 heavy (non-hydrogen) atoms. The number of rotatable bonds is 34. The smallest absolute Gasteiger partial charge is 0.545 e. The first-order chi connectivity index (χ1) is 28.3. The maximum absolute atomic E-state index is 12.0. The molecule has 0 aliphatic rings. The number of hydrogen-bond donors (Lipinski definition) is 2. The fourth-order valence-electron chi connectivity index (χ4n) is 6.68. The van der Waals surface area contributed by atoms with Gasteiger partial charge < -0.3 is 30.4 Å². The van der Waals surface area contributed by atoms with Crippen molar-refractivity contribution in [2.24, 2.45) is 0 Å². The zero-order valence-corrected chi connectivity index (χ0v) is 39.1. The molecule has 2 N–H and O–H groups in total. The number of aromatic carboxylic acids is 2. The van der Waals surface area contributed by atoms with Gasteiger partial charge in [0, 0.05) is 35.3 Å². The Morgan fingerprint density at radius 2 is 0.695 bits per heavy atom. The summed E-state index contributed by atoms with van der Waals surface area (Å²) in [5.41, 5.74) is 0.659. The zero-order valence-electron chi connectivity index (χ0n) is 36.9. The van der Waals surface area contributed by atoms with Crippen LogP contribution in [0, 0.1) is 0 Å². The molecule has 0 saturated carbocycles. The van der Waals surface area contributed by atoms with Gasteiger partial charge in [0.05, 0.1) is 11.9 Å². The van der Waals surface area contributed by atoms with Gasteiger partial charge in [-0.2, -0.15) is 0 Å². The minimum Gasteiger partial charge on any atom is -0.545 e. The van der Waals surface area contributed by atoms with Crippen molar-refractivity contribution >= 4 is 72.9 Å². The van der Waals surface area contributed by atoms with Crippen molar-refractivity contribution in [2.45, 2.75) is 194 Å². The molecule has 0 radical (unpaired) electrons. The van der Waals surface area contributed by atoms with Crippen molar-refractivity contribution in [1.29, 1.82) is 0 Å². The molecule has 9 heteroatoms. The molecular weight excluding hydrogens is 765 g/mol. The van der Waals surface area contributed by atoms with Crippen LogP contribution in [0.15, 0.2) is 72.8 Å². The maximum Gasteiger partial charge on any atom is 2.00 e. The summed E-state index contributed by atoms with van der Waals surface area (Å²) in [7, 11) is 0. The third kappa shape index (κ3) is 32.5. The predicted molar refractivity (Wildman–Crippen MR) is 243 cm³/mol. The normalized spacial score (nSPS) is 10.9. The second-order valence-electron chi connectivity index (χ2n) is 15.4. The molecule has 2 rings (SSSR count). The number of nitrogens with one attached hydrogen (secondary N) is 2. The molecule has 0 fully saturated rings. The first-order valence-electron chi connectivity index (χ1n) is 22.8. The average molecular weight is 841 g/mol. The van der Waals surface area contributed by atoms with Gasteiger partial charge in [-0.25, -0.2) is 0 Å². The van der Waals surface area contributed by atoms with E-state index in [1.807, 2.05) is 0 Å². The summed E-state index contributed by atoms with van der Waals surface area (Å²) in [5, 5.41) is 27.4. The number of hydrogen-bond acceptors (Lipinski definition) is 6. The third-order valence-electron chi connectivity index (χ3n) is 10.2. The van der Waals surface area contributed by atoms with Gasteiger partial charge in [-0.15, -0.1) is 0 Å². The Morgan fingerprint density at radius 3 is 1.00 bits per heavy atom. The molecule has 0 saturated heterocycles. The fourth-order valence-corrected chi connectivity index (χ4v) is 6.68. The van der Waals surface area contributed by atoms with Crippen molar-refractivity contribution in [2.75, 3.05) is 10.6 Å². The van der Waals surface area contributed by atoms with Crippen LogP contribution in [-0.2, 0) is 9.59 Å². The van der Waals surface area contributed by atoms with Gasteiger partial charge in [0.1, 0.15) is 0 Å². The Labute approximate surface area is 387 Å². The summed E-state index contributed by atoms with van der Waals surface area (Å²) in [6.45, 7) is 4.50. The van der Waals surface area contributed by atoms with E-state index < -0.39 is 11.9 Å². The van der Waals surface area contributed by atoms with E-state index in [1.165, 1.54) is 128 Å². The van der Waals surface area contributed by atoms with Crippen LogP contribution in [0.2, 0.25) is 0 Å². The summed E-state index contributed by atoms with van der Waals surface area (Å²) < 4.78 is 0. The Morgan fingerprint density at radius 1 is 0.424 bits per heavy atom. The number of benzene rings is 2. The number of carboxylic acids is 2. The molecule has 0 aromatic heterocycles.